The first-order chi connectivity index (χ1) is 7.99. The Bertz CT molecular complexity index is 454. The zero-order chi connectivity index (χ0) is 12.6. The minimum absolute atomic E-state index is 0.363. The molecule has 2 rings (SSSR count). The van der Waals surface area contributed by atoms with Gasteiger partial charge in [-0.05, 0) is 43.0 Å². The topological polar surface area (TPSA) is 29.1 Å². The number of nitrogens with one attached hydrogen (secondary N) is 1. The van der Waals surface area contributed by atoms with Crippen LogP contribution in [0.15, 0.2) is 17.0 Å². The van der Waals surface area contributed by atoms with Gasteiger partial charge in [-0.25, -0.2) is 0 Å². The number of rotatable bonds is 2. The number of fused-ring (bicyclic) bond motifs is 1. The first kappa shape index (κ1) is 12.8. The van der Waals surface area contributed by atoms with E-state index in [4.69, 9.17) is 0 Å². The maximum atomic E-state index is 12.1. The van der Waals surface area contributed by atoms with Crippen LogP contribution in [0.1, 0.15) is 43.0 Å². The van der Waals surface area contributed by atoms with Crippen molar-refractivity contribution in [2.45, 2.75) is 51.1 Å². The van der Waals surface area contributed by atoms with Crippen LogP contribution in [-0.4, -0.2) is 16.0 Å². The fraction of sp³-hybridized carbons (Fsp3) is 0.571. The van der Waals surface area contributed by atoms with E-state index in [1.54, 1.807) is 0 Å². The fourth-order valence-corrected chi connectivity index (χ4v) is 3.79. The molecule has 0 saturated heterocycles. The van der Waals surface area contributed by atoms with Gasteiger partial charge in [0, 0.05) is 22.7 Å². The molecule has 1 aliphatic rings. The Balaban J connectivity index is 2.44. The summed E-state index contributed by atoms with van der Waals surface area (Å²) < 4.78 is 12.1. The molecule has 1 aromatic carbocycles. The van der Waals surface area contributed by atoms with Gasteiger partial charge >= 0.3 is 0 Å². The van der Waals surface area contributed by atoms with Gasteiger partial charge in [0.25, 0.3) is 0 Å². The van der Waals surface area contributed by atoms with E-state index in [9.17, 15) is 4.21 Å². The highest BCUT2D eigenvalue weighted by atomic mass is 32.2. The van der Waals surface area contributed by atoms with Crippen molar-refractivity contribution in [3.63, 3.8) is 0 Å². The molecule has 1 aromatic rings. The second kappa shape index (κ2) is 4.91. The highest BCUT2D eigenvalue weighted by molar-refractivity contribution is 7.85. The highest BCUT2D eigenvalue weighted by Gasteiger charge is 2.25. The van der Waals surface area contributed by atoms with E-state index in [1.165, 1.54) is 16.7 Å². The molecular weight excluding hydrogens is 230 g/mol. The van der Waals surface area contributed by atoms with Gasteiger partial charge in [0.15, 0.2) is 0 Å². The van der Waals surface area contributed by atoms with Crippen LogP contribution in [0.4, 0.5) is 0 Å². The zero-order valence-electron chi connectivity index (χ0n) is 11.0. The van der Waals surface area contributed by atoms with Crippen LogP contribution in [0.5, 0.6) is 0 Å². The van der Waals surface area contributed by atoms with E-state index in [0.29, 0.717) is 12.1 Å². The van der Waals surface area contributed by atoms with Gasteiger partial charge in [0.05, 0.1) is 10.8 Å². The normalized spacial score (nSPS) is 23.8. The monoisotopic (exact) mass is 251 g/mol. The molecule has 94 valence electrons. The predicted molar refractivity (Wildman–Crippen MR) is 72.8 cm³/mol. The summed E-state index contributed by atoms with van der Waals surface area (Å²) in [6, 6.07) is 5.14. The number of aryl methyl sites for hydroxylation is 2. The van der Waals surface area contributed by atoms with E-state index in [0.717, 1.165) is 17.1 Å². The Morgan fingerprint density at radius 3 is 2.59 bits per heavy atom. The van der Waals surface area contributed by atoms with Crippen molar-refractivity contribution in [2.75, 3.05) is 5.75 Å². The van der Waals surface area contributed by atoms with Crippen LogP contribution in [0.2, 0.25) is 0 Å². The zero-order valence-corrected chi connectivity index (χ0v) is 11.9. The van der Waals surface area contributed by atoms with Gasteiger partial charge in [-0.1, -0.05) is 19.9 Å². The van der Waals surface area contributed by atoms with Crippen molar-refractivity contribution in [2.24, 2.45) is 0 Å². The fourth-order valence-electron chi connectivity index (χ4n) is 2.35. The summed E-state index contributed by atoms with van der Waals surface area (Å²) >= 11 is 0. The lowest BCUT2D eigenvalue weighted by atomic mass is 9.98. The first-order valence-corrected chi connectivity index (χ1v) is 7.56. The van der Waals surface area contributed by atoms with E-state index in [-0.39, 0.29) is 0 Å². The SMILES string of the molecule is Cc1cc2c(cc1C)S(=O)CCC2NC(C)C. The lowest BCUT2D eigenvalue weighted by Gasteiger charge is -2.28. The van der Waals surface area contributed by atoms with E-state index >= 15 is 0 Å². The Morgan fingerprint density at radius 2 is 1.94 bits per heavy atom. The molecule has 0 radical (unpaired) electrons. The van der Waals surface area contributed by atoms with E-state index in [1.807, 2.05) is 0 Å². The molecule has 1 aliphatic heterocycles. The van der Waals surface area contributed by atoms with Crippen molar-refractivity contribution < 1.29 is 4.21 Å². The molecule has 3 heteroatoms. The van der Waals surface area contributed by atoms with E-state index in [2.05, 4.69) is 45.1 Å². The molecule has 0 saturated carbocycles. The number of benzene rings is 1. The maximum Gasteiger partial charge on any atom is 0.0533 e. The van der Waals surface area contributed by atoms with Crippen LogP contribution in [-0.2, 0) is 10.8 Å². The first-order valence-electron chi connectivity index (χ1n) is 6.24. The van der Waals surface area contributed by atoms with Crippen LogP contribution in [0, 0.1) is 13.8 Å². The van der Waals surface area contributed by atoms with Crippen LogP contribution >= 0.6 is 0 Å². The number of hydrogen-bond donors (Lipinski definition) is 1. The lowest BCUT2D eigenvalue weighted by molar-refractivity contribution is 0.456. The third-order valence-corrected chi connectivity index (χ3v) is 4.82. The average molecular weight is 251 g/mol. The van der Waals surface area contributed by atoms with E-state index < -0.39 is 10.8 Å². The van der Waals surface area contributed by atoms with Crippen molar-refractivity contribution in [3.05, 3.63) is 28.8 Å². The molecule has 2 unspecified atom stereocenters. The smallest absolute Gasteiger partial charge is 0.0533 e. The van der Waals surface area contributed by atoms with Gasteiger partial charge in [-0.15, -0.1) is 0 Å². The summed E-state index contributed by atoms with van der Waals surface area (Å²) in [5.74, 6) is 0.778. The Kier molecular flexibility index (Phi) is 3.69. The van der Waals surface area contributed by atoms with Crippen LogP contribution in [0.25, 0.3) is 0 Å². The Morgan fingerprint density at radius 1 is 1.29 bits per heavy atom. The van der Waals surface area contributed by atoms with Gasteiger partial charge in [-0.3, -0.25) is 4.21 Å². The Hall–Kier alpha value is -0.670. The second-order valence-electron chi connectivity index (χ2n) is 5.19. The van der Waals surface area contributed by atoms with Crippen molar-refractivity contribution in [1.82, 2.24) is 5.32 Å². The average Bonchev–Trinajstić information content (AvgIpc) is 2.25. The Labute approximate surface area is 106 Å². The molecule has 2 atom stereocenters. The van der Waals surface area contributed by atoms with Gasteiger partial charge in [0.1, 0.15) is 0 Å². The summed E-state index contributed by atoms with van der Waals surface area (Å²) in [6.45, 7) is 8.53. The van der Waals surface area contributed by atoms with Gasteiger partial charge < -0.3 is 5.32 Å². The minimum atomic E-state index is -0.809. The summed E-state index contributed by atoms with van der Waals surface area (Å²) in [5, 5.41) is 3.57. The predicted octanol–water partition coefficient (Wildman–Crippen LogP) is 2.85. The molecule has 2 nitrogen and oxygen atoms in total. The molecule has 1 heterocycles. The molecule has 1 N–H and O–H groups in total. The molecule has 0 aliphatic carbocycles. The highest BCUT2D eigenvalue weighted by Crippen LogP contribution is 2.32. The standard InChI is InChI=1S/C14H21NOS/c1-9(2)15-13-5-6-17(16)14-8-11(4)10(3)7-12(13)14/h7-9,13,15H,5-6H2,1-4H3. The van der Waals surface area contributed by atoms with Crippen molar-refractivity contribution in [3.8, 4) is 0 Å². The van der Waals surface area contributed by atoms with Crippen molar-refractivity contribution >= 4 is 10.8 Å². The lowest BCUT2D eigenvalue weighted by Crippen LogP contribution is -2.32. The van der Waals surface area contributed by atoms with Crippen LogP contribution in [0.3, 0.4) is 0 Å². The summed E-state index contributed by atoms with van der Waals surface area (Å²) in [4.78, 5) is 1.04. The molecule has 0 amide bonds. The molecule has 17 heavy (non-hydrogen) atoms. The third kappa shape index (κ3) is 2.61. The quantitative estimate of drug-likeness (QED) is 0.875. The third-order valence-electron chi connectivity index (χ3n) is 3.37. The van der Waals surface area contributed by atoms with Crippen molar-refractivity contribution in [1.29, 1.82) is 0 Å². The minimum Gasteiger partial charge on any atom is -0.308 e. The molecule has 0 fully saturated rings. The van der Waals surface area contributed by atoms with Gasteiger partial charge in [-0.2, -0.15) is 0 Å². The summed E-state index contributed by atoms with van der Waals surface area (Å²) in [6.07, 6.45) is 0.973. The van der Waals surface area contributed by atoms with Crippen LogP contribution < -0.4 is 5.32 Å². The second-order valence-corrected chi connectivity index (χ2v) is 6.73. The molecular formula is C14H21NOS. The molecule has 0 aromatic heterocycles. The van der Waals surface area contributed by atoms with Gasteiger partial charge in [0.2, 0.25) is 0 Å². The summed E-state index contributed by atoms with van der Waals surface area (Å²) in [7, 11) is -0.809. The molecule has 0 bridgehead atoms. The molecule has 0 spiro atoms. The largest absolute Gasteiger partial charge is 0.308 e. The maximum absolute atomic E-state index is 12.1. The number of hydrogen-bond acceptors (Lipinski definition) is 2. The summed E-state index contributed by atoms with van der Waals surface area (Å²) in [5.41, 5.74) is 3.77.